The van der Waals surface area contributed by atoms with Crippen molar-refractivity contribution in [2.45, 2.75) is 0 Å². The zero-order chi connectivity index (χ0) is 8.08. The molecule has 0 heterocycles. The molecular formula is CH10CaO7SSi. The molecule has 0 aromatic heterocycles. The molecule has 0 aromatic rings. The van der Waals surface area contributed by atoms with Crippen LogP contribution in [0.3, 0.4) is 0 Å². The predicted octanol–water partition coefficient (Wildman–Crippen LogP) is -2.80. The molecule has 0 atom stereocenters. The first-order valence-corrected chi connectivity index (χ1v) is 2.75. The Morgan fingerprint density at radius 1 is 1.09 bits per heavy atom. The molecule has 0 saturated carbocycles. The van der Waals surface area contributed by atoms with E-state index in [0.29, 0.717) is 0 Å². The minimum Gasteiger partial charge on any atom is -0.0149 e. The Labute approximate surface area is 97.0 Å². The van der Waals surface area contributed by atoms with Gasteiger partial charge < -0.3 is 10.2 Å². The second-order valence-electron chi connectivity index (χ2n) is 0.730. The fourth-order valence-electron chi connectivity index (χ4n) is 0. The molecule has 10 heteroatoms. The van der Waals surface area contributed by atoms with Gasteiger partial charge in [-0.15, -0.1) is 0 Å². The van der Waals surface area contributed by atoms with E-state index in [1.54, 1.807) is 0 Å². The fourth-order valence-corrected chi connectivity index (χ4v) is 0. The number of carboxylic acid groups (broad SMARTS) is 2. The van der Waals surface area contributed by atoms with Crippen molar-refractivity contribution in [1.82, 2.24) is 0 Å². The summed E-state index contributed by atoms with van der Waals surface area (Å²) in [6, 6.07) is 0. The van der Waals surface area contributed by atoms with Crippen molar-refractivity contribution < 1.29 is 32.5 Å². The molecule has 0 unspecified atom stereocenters. The van der Waals surface area contributed by atoms with Crippen LogP contribution in [0.1, 0.15) is 0 Å². The molecule has 0 amide bonds. The van der Waals surface area contributed by atoms with Gasteiger partial charge in [-0.1, -0.05) is 0 Å². The topological polar surface area (TPSA) is 132 Å². The van der Waals surface area contributed by atoms with Crippen molar-refractivity contribution in [3.8, 4) is 0 Å². The molecule has 0 aliphatic carbocycles. The summed E-state index contributed by atoms with van der Waals surface area (Å²) in [5, 5.41) is 13.9. The van der Waals surface area contributed by atoms with Gasteiger partial charge in [0.1, 0.15) is 0 Å². The minimum absolute atomic E-state index is 0. The van der Waals surface area contributed by atoms with Crippen LogP contribution < -0.4 is 0 Å². The maximum atomic E-state index is 8.74. The third-order valence-corrected chi connectivity index (χ3v) is 0. The number of carbonyl (C=O) groups is 1. The van der Waals surface area contributed by atoms with Gasteiger partial charge in [-0.3, -0.25) is 9.11 Å². The Hall–Kier alpha value is 0.617. The van der Waals surface area contributed by atoms with Crippen LogP contribution in [0.25, 0.3) is 0 Å². The Morgan fingerprint density at radius 2 is 1.09 bits per heavy atom. The van der Waals surface area contributed by atoms with Gasteiger partial charge >= 0.3 is 54.3 Å². The Kier molecular flexibility index (Phi) is 21.8. The average molecular weight is 234 g/mol. The Balaban J connectivity index is -0.0000000383. The second kappa shape index (κ2) is 10.6. The monoisotopic (exact) mass is 234 g/mol. The van der Waals surface area contributed by atoms with Crippen LogP contribution in [0.4, 0.5) is 4.79 Å². The van der Waals surface area contributed by atoms with E-state index in [1.165, 1.54) is 0 Å². The third-order valence-electron chi connectivity index (χ3n) is 0. The Bertz CT molecular complexity index is 161. The number of hydrogen-bond donors (Lipinski definition) is 4. The van der Waals surface area contributed by atoms with Crippen molar-refractivity contribution in [3.05, 3.63) is 0 Å². The van der Waals surface area contributed by atoms with Crippen LogP contribution in [0.2, 0.25) is 0 Å². The van der Waals surface area contributed by atoms with E-state index in [2.05, 4.69) is 0 Å². The molecule has 0 radical (unpaired) electrons. The molecule has 0 aliphatic heterocycles. The van der Waals surface area contributed by atoms with Gasteiger partial charge in [-0.2, -0.15) is 8.42 Å². The van der Waals surface area contributed by atoms with Crippen molar-refractivity contribution in [2.75, 3.05) is 0 Å². The van der Waals surface area contributed by atoms with Crippen LogP contribution in [0.5, 0.6) is 0 Å². The smallest absolute Gasteiger partial charge is 0.0149 e. The molecule has 0 fully saturated rings. The SMILES string of the molecule is O=C(O)O.O=S(=O)(O)O.[CaH2].[SiH4]. The molecule has 0 aliphatic rings. The van der Waals surface area contributed by atoms with E-state index in [9.17, 15) is 0 Å². The Morgan fingerprint density at radius 3 is 1.09 bits per heavy atom. The first-order chi connectivity index (χ1) is 3.73. The van der Waals surface area contributed by atoms with Crippen LogP contribution >= 0.6 is 0 Å². The number of hydrogen-bond acceptors (Lipinski definition) is 3. The van der Waals surface area contributed by atoms with Crippen LogP contribution in [0, 0.1) is 0 Å². The van der Waals surface area contributed by atoms with Crippen LogP contribution in [0.15, 0.2) is 0 Å². The molecule has 0 rings (SSSR count). The summed E-state index contributed by atoms with van der Waals surface area (Å²) in [6.07, 6.45) is -1.83. The zero-order valence-corrected chi connectivity index (χ0v) is 4.74. The molecule has 4 N–H and O–H groups in total. The number of rotatable bonds is 0. The zero-order valence-electron chi connectivity index (χ0n) is 3.92. The molecule has 0 aromatic carbocycles. The molecule has 0 spiro atoms. The molecule has 0 saturated heterocycles. The molecular weight excluding hydrogens is 224 g/mol. The maximum absolute atomic E-state index is 8.74. The van der Waals surface area contributed by atoms with E-state index in [-0.39, 0.29) is 48.7 Å². The summed E-state index contributed by atoms with van der Waals surface area (Å²) in [7, 11) is -4.67. The summed E-state index contributed by atoms with van der Waals surface area (Å²) in [5.74, 6) is 0. The minimum atomic E-state index is -4.67. The molecule has 68 valence electrons. The summed E-state index contributed by atoms with van der Waals surface area (Å²) in [6.45, 7) is 0. The fraction of sp³-hybridized carbons (Fsp3) is 0. The van der Waals surface area contributed by atoms with Gasteiger partial charge in [0.15, 0.2) is 0 Å². The van der Waals surface area contributed by atoms with E-state index in [4.69, 9.17) is 32.5 Å². The van der Waals surface area contributed by atoms with Gasteiger partial charge in [0, 0.05) is 0 Å². The first-order valence-electron chi connectivity index (χ1n) is 1.35. The predicted molar refractivity (Wildman–Crippen MR) is 44.7 cm³/mol. The average Bonchev–Trinajstić information content (AvgIpc) is 1.19. The normalized spacial score (nSPS) is 7.45. The van der Waals surface area contributed by atoms with Crippen molar-refractivity contribution in [1.29, 1.82) is 0 Å². The van der Waals surface area contributed by atoms with Crippen molar-refractivity contribution in [3.63, 3.8) is 0 Å². The van der Waals surface area contributed by atoms with E-state index in [1.807, 2.05) is 0 Å². The largest absolute Gasteiger partial charge is 0.0149 e. The summed E-state index contributed by atoms with van der Waals surface area (Å²) in [5.41, 5.74) is 0. The van der Waals surface area contributed by atoms with Crippen molar-refractivity contribution in [2.24, 2.45) is 0 Å². The van der Waals surface area contributed by atoms with Gasteiger partial charge in [0.2, 0.25) is 0 Å². The van der Waals surface area contributed by atoms with Gasteiger partial charge in [-0.05, 0) is 11.0 Å². The third kappa shape index (κ3) is 2070. The van der Waals surface area contributed by atoms with Crippen LogP contribution in [-0.2, 0) is 10.4 Å². The summed E-state index contributed by atoms with van der Waals surface area (Å²) >= 11 is 0. The standard InChI is InChI=1S/CH2O3.Ca.H2O4S.H4Si.2H/c2-1(3)4;;1-5(2,3)4;;;/h(H2,2,3,4);;(H2,1,2,3,4);1H4;;. The molecule has 0 bridgehead atoms. The van der Waals surface area contributed by atoms with Crippen molar-refractivity contribution >= 4 is 65.3 Å². The van der Waals surface area contributed by atoms with E-state index < -0.39 is 16.6 Å². The van der Waals surface area contributed by atoms with Gasteiger partial charge in [0.25, 0.3) is 0 Å². The quantitative estimate of drug-likeness (QED) is 0.263. The maximum Gasteiger partial charge on any atom is -0.0149 e. The van der Waals surface area contributed by atoms with Gasteiger partial charge in [0.05, 0.1) is 0 Å². The van der Waals surface area contributed by atoms with E-state index >= 15 is 0 Å². The first kappa shape index (κ1) is 22.6. The van der Waals surface area contributed by atoms with E-state index in [0.717, 1.165) is 0 Å². The molecule has 7 nitrogen and oxygen atoms in total. The summed E-state index contributed by atoms with van der Waals surface area (Å²) < 4.78 is 31.6. The summed E-state index contributed by atoms with van der Waals surface area (Å²) in [4.78, 5) is 8.56. The van der Waals surface area contributed by atoms with Crippen LogP contribution in [-0.4, -0.2) is 82.6 Å². The molecule has 11 heavy (non-hydrogen) atoms. The van der Waals surface area contributed by atoms with Gasteiger partial charge in [-0.25, -0.2) is 4.79 Å². The second-order valence-corrected chi connectivity index (χ2v) is 1.63.